The predicted octanol–water partition coefficient (Wildman–Crippen LogP) is 1.20. The molecule has 1 fully saturated rings. The summed E-state index contributed by atoms with van der Waals surface area (Å²) in [6, 6.07) is 0. The maximum absolute atomic E-state index is 12.1. The fourth-order valence-corrected chi connectivity index (χ4v) is 2.75. The summed E-state index contributed by atoms with van der Waals surface area (Å²) in [5.41, 5.74) is 1.08. The monoisotopic (exact) mass is 279 g/mol. The molecule has 0 radical (unpaired) electrons. The Morgan fingerprint density at radius 3 is 2.70 bits per heavy atom. The van der Waals surface area contributed by atoms with E-state index >= 15 is 0 Å². The van der Waals surface area contributed by atoms with Gasteiger partial charge in [-0.25, -0.2) is 0 Å². The molecule has 0 aliphatic heterocycles. The number of carboxylic acid groups (broad SMARTS) is 1. The molecule has 1 aromatic heterocycles. The van der Waals surface area contributed by atoms with Crippen molar-refractivity contribution in [2.24, 2.45) is 11.8 Å². The van der Waals surface area contributed by atoms with Crippen LogP contribution in [0.3, 0.4) is 0 Å². The standard InChI is InChI=1S/C14H21N3O3/c1-10-8-16-17(9-10)7-6-15-13(18)11-4-2-3-5-12(11)14(19)20/h8-9,11-12H,2-7H2,1H3,(H,15,18)(H,19,20)/t11-,12+/m1/s1. The Kier molecular flexibility index (Phi) is 4.76. The lowest BCUT2D eigenvalue weighted by Gasteiger charge is -2.27. The van der Waals surface area contributed by atoms with Gasteiger partial charge in [0.1, 0.15) is 0 Å². The number of aliphatic carboxylic acids is 1. The van der Waals surface area contributed by atoms with Crippen LogP contribution in [0.1, 0.15) is 31.2 Å². The van der Waals surface area contributed by atoms with Crippen LogP contribution in [-0.2, 0) is 16.1 Å². The number of amides is 1. The third kappa shape index (κ3) is 3.59. The van der Waals surface area contributed by atoms with Gasteiger partial charge in [0.2, 0.25) is 5.91 Å². The van der Waals surface area contributed by atoms with Crippen molar-refractivity contribution in [3.63, 3.8) is 0 Å². The molecule has 1 aliphatic carbocycles. The summed E-state index contributed by atoms with van der Waals surface area (Å²) in [6.45, 7) is 3.04. The van der Waals surface area contributed by atoms with Crippen LogP contribution in [0.15, 0.2) is 12.4 Å². The first kappa shape index (κ1) is 14.6. The summed E-state index contributed by atoms with van der Waals surface area (Å²) in [4.78, 5) is 23.3. The topological polar surface area (TPSA) is 84.2 Å². The Hall–Kier alpha value is -1.85. The van der Waals surface area contributed by atoms with Gasteiger partial charge in [0.25, 0.3) is 0 Å². The summed E-state index contributed by atoms with van der Waals surface area (Å²) in [5, 5.41) is 16.1. The number of aryl methyl sites for hydroxylation is 1. The van der Waals surface area contributed by atoms with Crippen LogP contribution in [0.5, 0.6) is 0 Å². The number of rotatable bonds is 5. The molecule has 1 aromatic rings. The van der Waals surface area contributed by atoms with Crippen LogP contribution in [0.4, 0.5) is 0 Å². The van der Waals surface area contributed by atoms with Gasteiger partial charge in [-0.05, 0) is 25.3 Å². The van der Waals surface area contributed by atoms with E-state index in [1.165, 1.54) is 0 Å². The third-order valence-corrected chi connectivity index (χ3v) is 3.82. The molecule has 110 valence electrons. The highest BCUT2D eigenvalue weighted by Gasteiger charge is 2.35. The Morgan fingerprint density at radius 2 is 2.10 bits per heavy atom. The van der Waals surface area contributed by atoms with Gasteiger partial charge < -0.3 is 10.4 Å². The van der Waals surface area contributed by atoms with Crippen molar-refractivity contribution < 1.29 is 14.7 Å². The maximum Gasteiger partial charge on any atom is 0.307 e. The van der Waals surface area contributed by atoms with Gasteiger partial charge >= 0.3 is 5.97 Å². The van der Waals surface area contributed by atoms with E-state index in [9.17, 15) is 9.59 Å². The number of nitrogens with one attached hydrogen (secondary N) is 1. The Balaban J connectivity index is 1.82. The van der Waals surface area contributed by atoms with Crippen LogP contribution in [0.2, 0.25) is 0 Å². The number of hydrogen-bond acceptors (Lipinski definition) is 3. The second-order valence-electron chi connectivity index (χ2n) is 5.41. The van der Waals surface area contributed by atoms with Gasteiger partial charge in [0.05, 0.1) is 24.6 Å². The number of carbonyl (C=O) groups is 2. The Labute approximate surface area is 118 Å². The molecule has 0 saturated heterocycles. The third-order valence-electron chi connectivity index (χ3n) is 3.82. The van der Waals surface area contributed by atoms with Crippen molar-refractivity contribution in [2.45, 2.75) is 39.2 Å². The largest absolute Gasteiger partial charge is 0.481 e. The van der Waals surface area contributed by atoms with Crippen molar-refractivity contribution in [3.8, 4) is 0 Å². The fourth-order valence-electron chi connectivity index (χ4n) is 2.75. The Bertz CT molecular complexity index is 484. The SMILES string of the molecule is Cc1cnn(CCNC(=O)[C@@H]2CCCC[C@@H]2C(=O)O)c1. The highest BCUT2D eigenvalue weighted by Crippen LogP contribution is 2.30. The molecule has 2 atom stereocenters. The first-order chi connectivity index (χ1) is 9.58. The molecule has 1 saturated carbocycles. The number of aromatic nitrogens is 2. The molecule has 6 heteroatoms. The van der Waals surface area contributed by atoms with Crippen molar-refractivity contribution in [2.75, 3.05) is 6.54 Å². The first-order valence-corrected chi connectivity index (χ1v) is 7.07. The minimum atomic E-state index is -0.854. The summed E-state index contributed by atoms with van der Waals surface area (Å²) in [6.07, 6.45) is 6.78. The zero-order chi connectivity index (χ0) is 14.5. The second kappa shape index (κ2) is 6.54. The van der Waals surface area contributed by atoms with Gasteiger partial charge in [-0.1, -0.05) is 12.8 Å². The number of carboxylic acids is 1. The van der Waals surface area contributed by atoms with Gasteiger partial charge in [-0.2, -0.15) is 5.10 Å². The van der Waals surface area contributed by atoms with Gasteiger partial charge in [-0.15, -0.1) is 0 Å². The molecule has 0 aromatic carbocycles. The van der Waals surface area contributed by atoms with E-state index in [1.807, 2.05) is 13.1 Å². The molecule has 0 bridgehead atoms. The highest BCUT2D eigenvalue weighted by atomic mass is 16.4. The molecule has 2 N–H and O–H groups in total. The van der Waals surface area contributed by atoms with Crippen molar-refractivity contribution >= 4 is 11.9 Å². The van der Waals surface area contributed by atoms with E-state index in [-0.39, 0.29) is 11.8 Å². The quantitative estimate of drug-likeness (QED) is 0.848. The van der Waals surface area contributed by atoms with Crippen molar-refractivity contribution in [1.29, 1.82) is 0 Å². The van der Waals surface area contributed by atoms with Crippen LogP contribution in [0, 0.1) is 18.8 Å². The maximum atomic E-state index is 12.1. The smallest absolute Gasteiger partial charge is 0.307 e. The van der Waals surface area contributed by atoms with Crippen LogP contribution in [-0.4, -0.2) is 33.3 Å². The van der Waals surface area contributed by atoms with E-state index in [0.29, 0.717) is 25.9 Å². The van der Waals surface area contributed by atoms with E-state index in [2.05, 4.69) is 10.4 Å². The molecular weight excluding hydrogens is 258 g/mol. The van der Waals surface area contributed by atoms with E-state index in [0.717, 1.165) is 18.4 Å². The molecule has 1 amide bonds. The summed E-state index contributed by atoms with van der Waals surface area (Å²) >= 11 is 0. The van der Waals surface area contributed by atoms with Crippen LogP contribution in [0.25, 0.3) is 0 Å². The van der Waals surface area contributed by atoms with Crippen molar-refractivity contribution in [3.05, 3.63) is 18.0 Å². The highest BCUT2D eigenvalue weighted by molar-refractivity contribution is 5.84. The molecular formula is C14H21N3O3. The fraction of sp³-hybridized carbons (Fsp3) is 0.643. The molecule has 2 rings (SSSR count). The number of hydrogen-bond donors (Lipinski definition) is 2. The normalized spacial score (nSPS) is 22.4. The molecule has 0 spiro atoms. The predicted molar refractivity (Wildman–Crippen MR) is 73.1 cm³/mol. The van der Waals surface area contributed by atoms with E-state index in [1.54, 1.807) is 10.9 Å². The van der Waals surface area contributed by atoms with Crippen molar-refractivity contribution in [1.82, 2.24) is 15.1 Å². The van der Waals surface area contributed by atoms with E-state index in [4.69, 9.17) is 5.11 Å². The minimum Gasteiger partial charge on any atom is -0.481 e. The Morgan fingerprint density at radius 1 is 1.40 bits per heavy atom. The van der Waals surface area contributed by atoms with Crippen LogP contribution < -0.4 is 5.32 Å². The molecule has 6 nitrogen and oxygen atoms in total. The lowest BCUT2D eigenvalue weighted by Crippen LogP contribution is -2.40. The van der Waals surface area contributed by atoms with Gasteiger partial charge in [0.15, 0.2) is 0 Å². The summed E-state index contributed by atoms with van der Waals surface area (Å²) in [7, 11) is 0. The zero-order valence-electron chi connectivity index (χ0n) is 11.7. The zero-order valence-corrected chi connectivity index (χ0v) is 11.7. The lowest BCUT2D eigenvalue weighted by atomic mass is 9.79. The molecule has 20 heavy (non-hydrogen) atoms. The average molecular weight is 279 g/mol. The lowest BCUT2D eigenvalue weighted by molar-refractivity contribution is -0.148. The minimum absolute atomic E-state index is 0.138. The summed E-state index contributed by atoms with van der Waals surface area (Å²) < 4.78 is 1.77. The van der Waals surface area contributed by atoms with Gasteiger partial charge in [-0.3, -0.25) is 14.3 Å². The number of carbonyl (C=O) groups excluding carboxylic acids is 1. The molecule has 1 heterocycles. The molecule has 0 unspecified atom stereocenters. The molecule has 1 aliphatic rings. The van der Waals surface area contributed by atoms with E-state index < -0.39 is 11.9 Å². The first-order valence-electron chi connectivity index (χ1n) is 7.07. The number of nitrogens with zero attached hydrogens (tertiary/aromatic N) is 2. The average Bonchev–Trinajstić information content (AvgIpc) is 2.84. The van der Waals surface area contributed by atoms with Crippen LogP contribution >= 0.6 is 0 Å². The van der Waals surface area contributed by atoms with Gasteiger partial charge in [0, 0.05) is 12.7 Å². The summed E-state index contributed by atoms with van der Waals surface area (Å²) in [5.74, 6) is -1.91. The second-order valence-corrected chi connectivity index (χ2v) is 5.41.